The van der Waals surface area contributed by atoms with E-state index in [1.807, 2.05) is 18.2 Å². The van der Waals surface area contributed by atoms with Crippen molar-refractivity contribution in [3.8, 4) is 5.75 Å². The molecular weight excluding hydrogens is 246 g/mol. The Labute approximate surface area is 111 Å². The van der Waals surface area contributed by atoms with Gasteiger partial charge in [0, 0.05) is 25.1 Å². The Morgan fingerprint density at radius 1 is 1.53 bits per heavy atom. The first-order valence-corrected chi connectivity index (χ1v) is 6.19. The van der Waals surface area contributed by atoms with Crippen molar-refractivity contribution >= 4 is 17.6 Å². The number of ether oxygens (including phenoxy) is 1. The van der Waals surface area contributed by atoms with Crippen molar-refractivity contribution in [2.75, 3.05) is 19.1 Å². The predicted octanol–water partition coefficient (Wildman–Crippen LogP) is 1.70. The predicted molar refractivity (Wildman–Crippen MR) is 70.5 cm³/mol. The SMILES string of the molecule is COc1ccc2c(c1)C[C@@H](CCC(=O)O)C(=O)N2C. The van der Waals surface area contributed by atoms with E-state index in [1.54, 1.807) is 19.1 Å². The summed E-state index contributed by atoms with van der Waals surface area (Å²) in [5, 5.41) is 8.73. The molecule has 2 rings (SSSR count). The van der Waals surface area contributed by atoms with Crippen LogP contribution >= 0.6 is 0 Å². The monoisotopic (exact) mass is 263 g/mol. The van der Waals surface area contributed by atoms with Gasteiger partial charge in [0.2, 0.25) is 5.91 Å². The molecule has 0 aliphatic carbocycles. The van der Waals surface area contributed by atoms with Gasteiger partial charge in [-0.25, -0.2) is 0 Å². The first-order valence-electron chi connectivity index (χ1n) is 6.19. The average molecular weight is 263 g/mol. The van der Waals surface area contributed by atoms with Crippen molar-refractivity contribution in [2.45, 2.75) is 19.3 Å². The van der Waals surface area contributed by atoms with Crippen molar-refractivity contribution in [1.29, 1.82) is 0 Å². The molecule has 1 atom stereocenters. The van der Waals surface area contributed by atoms with Crippen LogP contribution in [-0.2, 0) is 16.0 Å². The number of nitrogens with zero attached hydrogens (tertiary/aromatic N) is 1. The number of carboxylic acid groups (broad SMARTS) is 1. The maximum atomic E-state index is 12.2. The Kier molecular flexibility index (Phi) is 3.74. The van der Waals surface area contributed by atoms with E-state index in [0.717, 1.165) is 17.0 Å². The van der Waals surface area contributed by atoms with E-state index in [1.165, 1.54) is 0 Å². The van der Waals surface area contributed by atoms with Crippen LogP contribution in [-0.4, -0.2) is 31.1 Å². The first-order chi connectivity index (χ1) is 9.02. The van der Waals surface area contributed by atoms with Crippen molar-refractivity contribution in [3.05, 3.63) is 23.8 Å². The Hall–Kier alpha value is -2.04. The third-order valence-electron chi connectivity index (χ3n) is 3.50. The largest absolute Gasteiger partial charge is 0.497 e. The summed E-state index contributed by atoms with van der Waals surface area (Å²) in [7, 11) is 3.32. The lowest BCUT2D eigenvalue weighted by molar-refractivity contribution is -0.137. The van der Waals surface area contributed by atoms with Gasteiger partial charge in [-0.05, 0) is 36.6 Å². The summed E-state index contributed by atoms with van der Waals surface area (Å²) in [4.78, 5) is 24.4. The van der Waals surface area contributed by atoms with Crippen LogP contribution in [0.15, 0.2) is 18.2 Å². The van der Waals surface area contributed by atoms with Gasteiger partial charge < -0.3 is 14.7 Å². The lowest BCUT2D eigenvalue weighted by Crippen LogP contribution is -2.38. The third-order valence-corrected chi connectivity index (χ3v) is 3.50. The average Bonchev–Trinajstić information content (AvgIpc) is 2.40. The molecule has 0 fully saturated rings. The molecule has 0 bridgehead atoms. The molecule has 0 aromatic heterocycles. The van der Waals surface area contributed by atoms with Gasteiger partial charge in [-0.3, -0.25) is 9.59 Å². The Bertz CT molecular complexity index is 512. The fourth-order valence-electron chi connectivity index (χ4n) is 2.45. The molecule has 0 unspecified atom stereocenters. The molecule has 102 valence electrons. The summed E-state index contributed by atoms with van der Waals surface area (Å²) in [6, 6.07) is 5.59. The Morgan fingerprint density at radius 2 is 2.26 bits per heavy atom. The molecule has 5 nitrogen and oxygen atoms in total. The minimum absolute atomic E-state index is 0.0149. The zero-order valence-electron chi connectivity index (χ0n) is 11.0. The second-order valence-corrected chi connectivity index (χ2v) is 4.73. The van der Waals surface area contributed by atoms with Gasteiger partial charge in [-0.2, -0.15) is 0 Å². The van der Waals surface area contributed by atoms with Crippen LogP contribution in [0.2, 0.25) is 0 Å². The molecule has 0 spiro atoms. The van der Waals surface area contributed by atoms with Crippen molar-refractivity contribution in [1.82, 2.24) is 0 Å². The maximum absolute atomic E-state index is 12.2. The van der Waals surface area contributed by atoms with Gasteiger partial charge in [-0.15, -0.1) is 0 Å². The standard InChI is InChI=1S/C14H17NO4/c1-15-12-5-4-11(19-2)8-10(12)7-9(14(15)18)3-6-13(16)17/h4-5,8-9H,3,6-7H2,1-2H3,(H,16,17)/t9-/m1/s1. The number of carbonyl (C=O) groups is 2. The topological polar surface area (TPSA) is 66.8 Å². The number of hydrogen-bond donors (Lipinski definition) is 1. The number of fused-ring (bicyclic) bond motifs is 1. The molecule has 1 aliphatic rings. The number of amides is 1. The molecule has 1 aliphatic heterocycles. The molecule has 0 saturated carbocycles. The molecule has 19 heavy (non-hydrogen) atoms. The van der Waals surface area contributed by atoms with Crippen molar-refractivity contribution < 1.29 is 19.4 Å². The molecule has 1 aromatic carbocycles. The van der Waals surface area contributed by atoms with Crippen LogP contribution in [0.1, 0.15) is 18.4 Å². The molecule has 1 N–H and O–H groups in total. The van der Waals surface area contributed by atoms with Crippen LogP contribution in [0.5, 0.6) is 5.75 Å². The molecule has 0 radical (unpaired) electrons. The number of methoxy groups -OCH3 is 1. The Morgan fingerprint density at radius 3 is 2.89 bits per heavy atom. The molecule has 1 amide bonds. The van der Waals surface area contributed by atoms with Crippen LogP contribution in [0.25, 0.3) is 0 Å². The van der Waals surface area contributed by atoms with E-state index in [0.29, 0.717) is 12.8 Å². The number of carboxylic acids is 1. The second kappa shape index (κ2) is 5.30. The molecule has 1 aromatic rings. The zero-order valence-corrected chi connectivity index (χ0v) is 11.0. The van der Waals surface area contributed by atoms with Gasteiger partial charge in [0.25, 0.3) is 0 Å². The maximum Gasteiger partial charge on any atom is 0.303 e. The highest BCUT2D eigenvalue weighted by Crippen LogP contribution is 2.33. The van der Waals surface area contributed by atoms with Crippen molar-refractivity contribution in [3.63, 3.8) is 0 Å². The summed E-state index contributed by atoms with van der Waals surface area (Å²) >= 11 is 0. The number of anilines is 1. The highest BCUT2D eigenvalue weighted by Gasteiger charge is 2.30. The fourth-order valence-corrected chi connectivity index (χ4v) is 2.45. The molecule has 1 heterocycles. The summed E-state index contributed by atoms with van der Waals surface area (Å²) in [5.41, 5.74) is 1.90. The van der Waals surface area contributed by atoms with Gasteiger partial charge in [-0.1, -0.05) is 0 Å². The normalized spacial score (nSPS) is 18.1. The van der Waals surface area contributed by atoms with Gasteiger partial charge in [0.05, 0.1) is 7.11 Å². The molecule has 5 heteroatoms. The smallest absolute Gasteiger partial charge is 0.303 e. The number of benzene rings is 1. The molecular formula is C14H17NO4. The van der Waals surface area contributed by atoms with Gasteiger partial charge in [0.1, 0.15) is 5.75 Å². The summed E-state index contributed by atoms with van der Waals surface area (Å²) < 4.78 is 5.18. The van der Waals surface area contributed by atoms with Crippen LogP contribution < -0.4 is 9.64 Å². The number of aliphatic carboxylic acids is 1. The number of hydrogen-bond acceptors (Lipinski definition) is 3. The summed E-state index contributed by atoms with van der Waals surface area (Å²) in [6.07, 6.45) is 0.960. The van der Waals surface area contributed by atoms with Crippen molar-refractivity contribution in [2.24, 2.45) is 5.92 Å². The zero-order chi connectivity index (χ0) is 14.0. The fraction of sp³-hybridized carbons (Fsp3) is 0.429. The Balaban J connectivity index is 2.24. The van der Waals surface area contributed by atoms with Gasteiger partial charge in [0.15, 0.2) is 0 Å². The summed E-state index contributed by atoms with van der Waals surface area (Å²) in [6.45, 7) is 0. The first kappa shape index (κ1) is 13.4. The quantitative estimate of drug-likeness (QED) is 0.897. The van der Waals surface area contributed by atoms with Crippen LogP contribution in [0.4, 0.5) is 5.69 Å². The van der Waals surface area contributed by atoms with E-state index in [4.69, 9.17) is 9.84 Å². The third kappa shape index (κ3) is 2.70. The van der Waals surface area contributed by atoms with E-state index in [2.05, 4.69) is 0 Å². The van der Waals surface area contributed by atoms with E-state index < -0.39 is 5.97 Å². The van der Waals surface area contributed by atoms with E-state index >= 15 is 0 Å². The number of rotatable bonds is 4. The second-order valence-electron chi connectivity index (χ2n) is 4.73. The highest BCUT2D eigenvalue weighted by molar-refractivity contribution is 5.97. The molecule has 0 saturated heterocycles. The summed E-state index contributed by atoms with van der Waals surface area (Å²) in [5.74, 6) is -0.398. The lowest BCUT2D eigenvalue weighted by Gasteiger charge is -2.31. The highest BCUT2D eigenvalue weighted by atomic mass is 16.5. The van der Waals surface area contributed by atoms with E-state index in [9.17, 15) is 9.59 Å². The van der Waals surface area contributed by atoms with E-state index in [-0.39, 0.29) is 18.2 Å². The minimum Gasteiger partial charge on any atom is -0.497 e. The van der Waals surface area contributed by atoms with Crippen LogP contribution in [0, 0.1) is 5.92 Å². The minimum atomic E-state index is -0.869. The van der Waals surface area contributed by atoms with Crippen LogP contribution in [0.3, 0.4) is 0 Å². The lowest BCUT2D eigenvalue weighted by atomic mass is 9.88. The number of carbonyl (C=O) groups excluding carboxylic acids is 1. The van der Waals surface area contributed by atoms with Gasteiger partial charge >= 0.3 is 5.97 Å².